The SMILES string of the molecule is CN1CCN(CCOc2cnc(-c3cccc(Cn4nnc5ncc(C6C=NN(C)C6)nc54)c3)nc2)CC1. The van der Waals surface area contributed by atoms with Gasteiger partial charge in [0.15, 0.2) is 17.2 Å². The van der Waals surface area contributed by atoms with Gasteiger partial charge in [0.1, 0.15) is 6.61 Å². The van der Waals surface area contributed by atoms with E-state index in [1.165, 1.54) is 0 Å². The molecule has 2 aliphatic rings. The van der Waals surface area contributed by atoms with E-state index in [4.69, 9.17) is 9.72 Å². The molecule has 0 aliphatic carbocycles. The number of hydrogen-bond acceptors (Lipinski definition) is 11. The Morgan fingerprint density at radius 2 is 1.84 bits per heavy atom. The van der Waals surface area contributed by atoms with Crippen molar-refractivity contribution in [1.82, 2.24) is 49.7 Å². The highest BCUT2D eigenvalue weighted by atomic mass is 16.5. The van der Waals surface area contributed by atoms with Gasteiger partial charge in [0, 0.05) is 58.1 Å². The van der Waals surface area contributed by atoms with E-state index in [0.29, 0.717) is 36.0 Å². The number of likely N-dealkylation sites (N-methyl/N-ethyl adjacent to an activating group) is 2. The third-order valence-corrected chi connectivity index (χ3v) is 6.95. The quantitative estimate of drug-likeness (QED) is 0.342. The first-order chi connectivity index (χ1) is 18.6. The Morgan fingerprint density at radius 3 is 2.63 bits per heavy atom. The topological polar surface area (TPSA) is 114 Å². The Hall–Kier alpha value is -4.03. The monoisotopic (exact) mass is 513 g/mol. The molecule has 0 radical (unpaired) electrons. The van der Waals surface area contributed by atoms with Crippen LogP contribution in [-0.4, -0.2) is 116 Å². The second kappa shape index (κ2) is 10.8. The molecule has 0 amide bonds. The van der Waals surface area contributed by atoms with Gasteiger partial charge in [0.2, 0.25) is 5.65 Å². The van der Waals surface area contributed by atoms with Crippen LogP contribution >= 0.6 is 0 Å². The van der Waals surface area contributed by atoms with Gasteiger partial charge in [-0.15, -0.1) is 5.10 Å². The Balaban J connectivity index is 1.11. The summed E-state index contributed by atoms with van der Waals surface area (Å²) < 4.78 is 7.67. The number of piperazine rings is 1. The summed E-state index contributed by atoms with van der Waals surface area (Å²) in [7, 11) is 4.11. The fourth-order valence-electron chi connectivity index (χ4n) is 4.68. The fraction of sp³-hybridized carbons (Fsp3) is 0.423. The molecule has 1 atom stereocenters. The van der Waals surface area contributed by atoms with Crippen LogP contribution in [0, 0.1) is 0 Å². The van der Waals surface area contributed by atoms with Crippen LogP contribution < -0.4 is 4.74 Å². The minimum atomic E-state index is 0.111. The Bertz CT molecular complexity index is 1410. The summed E-state index contributed by atoms with van der Waals surface area (Å²) in [5.74, 6) is 1.44. The molecule has 2 aliphatic heterocycles. The number of rotatable bonds is 8. The predicted molar refractivity (Wildman–Crippen MR) is 143 cm³/mol. The van der Waals surface area contributed by atoms with Crippen LogP contribution in [0.25, 0.3) is 22.7 Å². The van der Waals surface area contributed by atoms with Crippen LogP contribution in [0.4, 0.5) is 0 Å². The molecular weight excluding hydrogens is 482 g/mol. The average molecular weight is 514 g/mol. The summed E-state index contributed by atoms with van der Waals surface area (Å²) in [6.45, 7) is 7.19. The zero-order valence-corrected chi connectivity index (χ0v) is 21.7. The van der Waals surface area contributed by atoms with E-state index in [9.17, 15) is 0 Å². The molecule has 3 aromatic heterocycles. The molecule has 1 fully saturated rings. The lowest BCUT2D eigenvalue weighted by atomic mass is 10.1. The first-order valence-corrected chi connectivity index (χ1v) is 12.9. The fourth-order valence-corrected chi connectivity index (χ4v) is 4.68. The minimum Gasteiger partial charge on any atom is -0.489 e. The van der Waals surface area contributed by atoms with Gasteiger partial charge in [-0.1, -0.05) is 23.4 Å². The van der Waals surface area contributed by atoms with Crippen LogP contribution in [0.5, 0.6) is 5.75 Å². The van der Waals surface area contributed by atoms with Crippen molar-refractivity contribution in [3.8, 4) is 17.1 Å². The second-order valence-electron chi connectivity index (χ2n) is 9.84. The maximum atomic E-state index is 5.89. The van der Waals surface area contributed by atoms with Crippen molar-refractivity contribution in [2.75, 3.05) is 60.0 Å². The molecule has 1 aromatic carbocycles. The number of ether oxygens (including phenoxy) is 1. The molecule has 4 aromatic rings. The van der Waals surface area contributed by atoms with E-state index >= 15 is 0 Å². The van der Waals surface area contributed by atoms with Crippen molar-refractivity contribution < 1.29 is 4.74 Å². The number of hydrogen-bond donors (Lipinski definition) is 0. The van der Waals surface area contributed by atoms with Gasteiger partial charge in [-0.25, -0.2) is 24.6 Å². The largest absolute Gasteiger partial charge is 0.489 e. The maximum absolute atomic E-state index is 5.89. The first-order valence-electron chi connectivity index (χ1n) is 12.9. The summed E-state index contributed by atoms with van der Waals surface area (Å²) in [5.41, 5.74) is 4.01. The normalized spacial score (nSPS) is 18.5. The minimum absolute atomic E-state index is 0.111. The summed E-state index contributed by atoms with van der Waals surface area (Å²) in [5, 5.41) is 14.7. The molecule has 0 spiro atoms. The van der Waals surface area contributed by atoms with Crippen molar-refractivity contribution in [2.24, 2.45) is 5.10 Å². The second-order valence-corrected chi connectivity index (χ2v) is 9.84. The molecule has 12 nitrogen and oxygen atoms in total. The third kappa shape index (κ3) is 5.46. The molecule has 6 rings (SSSR count). The van der Waals surface area contributed by atoms with Crippen LogP contribution in [0.15, 0.2) is 48.0 Å². The van der Waals surface area contributed by atoms with Crippen LogP contribution in [-0.2, 0) is 6.54 Å². The van der Waals surface area contributed by atoms with E-state index in [2.05, 4.69) is 53.3 Å². The van der Waals surface area contributed by atoms with Gasteiger partial charge >= 0.3 is 0 Å². The number of hydrazone groups is 1. The predicted octanol–water partition coefficient (Wildman–Crippen LogP) is 1.37. The third-order valence-electron chi connectivity index (χ3n) is 6.95. The van der Waals surface area contributed by atoms with E-state index in [1.54, 1.807) is 23.3 Å². The molecule has 1 saturated heterocycles. The summed E-state index contributed by atoms with van der Waals surface area (Å²) in [4.78, 5) is 23.1. The molecule has 5 heterocycles. The van der Waals surface area contributed by atoms with Crippen LogP contribution in [0.3, 0.4) is 0 Å². The molecule has 12 heteroatoms. The van der Waals surface area contributed by atoms with E-state index in [0.717, 1.165) is 56.1 Å². The van der Waals surface area contributed by atoms with Gasteiger partial charge < -0.3 is 9.64 Å². The van der Waals surface area contributed by atoms with Gasteiger partial charge in [0.25, 0.3) is 0 Å². The Labute approximate surface area is 221 Å². The van der Waals surface area contributed by atoms with Crippen molar-refractivity contribution >= 4 is 17.5 Å². The zero-order chi connectivity index (χ0) is 25.9. The number of fused-ring (bicyclic) bond motifs is 1. The van der Waals surface area contributed by atoms with Crippen molar-refractivity contribution in [3.05, 3.63) is 54.1 Å². The molecule has 196 valence electrons. The standard InChI is InChI=1S/C26H31N11O/c1-34-6-8-36(9-7-34)10-11-38-22-14-27-24(28-15-22)20-5-3-4-19(12-20)17-37-26-25(32-33-37)29-16-23(31-26)21-13-30-35(2)18-21/h3-5,12-16,21H,6-11,17-18H2,1-2H3. The number of aromatic nitrogens is 7. The molecule has 1 unspecified atom stereocenters. The molecule has 0 bridgehead atoms. The lowest BCUT2D eigenvalue weighted by Gasteiger charge is -2.32. The maximum Gasteiger partial charge on any atom is 0.221 e. The van der Waals surface area contributed by atoms with Gasteiger partial charge in [-0.05, 0) is 18.7 Å². The van der Waals surface area contributed by atoms with Crippen LogP contribution in [0.2, 0.25) is 0 Å². The highest BCUT2D eigenvalue weighted by Crippen LogP contribution is 2.21. The van der Waals surface area contributed by atoms with Crippen molar-refractivity contribution in [2.45, 2.75) is 12.5 Å². The van der Waals surface area contributed by atoms with Crippen molar-refractivity contribution in [3.63, 3.8) is 0 Å². The van der Waals surface area contributed by atoms with E-state index in [-0.39, 0.29) is 5.92 Å². The summed E-state index contributed by atoms with van der Waals surface area (Å²) in [6.07, 6.45) is 7.14. The highest BCUT2D eigenvalue weighted by molar-refractivity contribution is 5.71. The highest BCUT2D eigenvalue weighted by Gasteiger charge is 2.20. The van der Waals surface area contributed by atoms with E-state index < -0.39 is 0 Å². The van der Waals surface area contributed by atoms with Crippen molar-refractivity contribution in [1.29, 1.82) is 0 Å². The van der Waals surface area contributed by atoms with Gasteiger partial charge in [-0.3, -0.25) is 9.91 Å². The summed E-state index contributed by atoms with van der Waals surface area (Å²) in [6, 6.07) is 8.10. The zero-order valence-electron chi connectivity index (χ0n) is 21.7. The number of nitrogens with zero attached hydrogens (tertiary/aromatic N) is 11. The lowest BCUT2D eigenvalue weighted by Crippen LogP contribution is -2.45. The van der Waals surface area contributed by atoms with Gasteiger partial charge in [0.05, 0.1) is 36.7 Å². The molecule has 0 N–H and O–H groups in total. The Kier molecular flexibility index (Phi) is 6.88. The van der Waals surface area contributed by atoms with E-state index in [1.807, 2.05) is 36.5 Å². The summed E-state index contributed by atoms with van der Waals surface area (Å²) >= 11 is 0. The Morgan fingerprint density at radius 1 is 1.00 bits per heavy atom. The molecular formula is C26H31N11O. The lowest BCUT2D eigenvalue weighted by molar-refractivity contribution is 0.133. The molecule has 0 saturated carbocycles. The van der Waals surface area contributed by atoms with Gasteiger partial charge in [-0.2, -0.15) is 5.10 Å². The average Bonchev–Trinajstić information content (AvgIpc) is 3.56. The van der Waals surface area contributed by atoms with Crippen LogP contribution in [0.1, 0.15) is 17.2 Å². The smallest absolute Gasteiger partial charge is 0.221 e. The number of benzene rings is 1. The first kappa shape index (κ1) is 24.3. The molecule has 38 heavy (non-hydrogen) atoms.